The number of rotatable bonds is 7. The lowest BCUT2D eigenvalue weighted by Gasteiger charge is -2.33. The number of nitrogens with zero attached hydrogens (tertiary/aromatic N) is 4. The summed E-state index contributed by atoms with van der Waals surface area (Å²) in [4.78, 5) is 33.9. The summed E-state index contributed by atoms with van der Waals surface area (Å²) in [6.45, 7) is 7.22. The van der Waals surface area contributed by atoms with E-state index in [2.05, 4.69) is 12.1 Å². The number of carbonyl (C=O) groups is 2. The molecule has 0 atom stereocenters. The van der Waals surface area contributed by atoms with Gasteiger partial charge in [0, 0.05) is 31.7 Å². The quantitative estimate of drug-likeness (QED) is 0.292. The third-order valence-corrected chi connectivity index (χ3v) is 9.92. The maximum Gasteiger partial charge on any atom is 0.409 e. The van der Waals surface area contributed by atoms with Gasteiger partial charge in [0.05, 0.1) is 28.3 Å². The molecule has 214 valence electrons. The molecule has 11 heteroatoms. The van der Waals surface area contributed by atoms with Crippen molar-refractivity contribution in [1.82, 2.24) is 14.2 Å². The SMILES string of the molecule is CCOC(=O)N1CCN(S(=O)(=O)c2ccc(C(=O)N(Cc3ccccc3)c3nc4c(C)cc(C)cc4s3)cc2)CC1. The van der Waals surface area contributed by atoms with Crippen LogP contribution in [0.25, 0.3) is 10.2 Å². The zero-order chi connectivity index (χ0) is 29.1. The van der Waals surface area contributed by atoms with Gasteiger partial charge >= 0.3 is 6.09 Å². The van der Waals surface area contributed by atoms with E-state index in [1.165, 1.54) is 32.7 Å². The van der Waals surface area contributed by atoms with Crippen molar-refractivity contribution in [2.75, 3.05) is 37.7 Å². The lowest BCUT2D eigenvalue weighted by Crippen LogP contribution is -2.50. The van der Waals surface area contributed by atoms with Gasteiger partial charge in [0.15, 0.2) is 5.13 Å². The smallest absolute Gasteiger partial charge is 0.409 e. The molecule has 0 unspecified atom stereocenters. The van der Waals surface area contributed by atoms with Crippen molar-refractivity contribution in [3.05, 3.63) is 89.0 Å². The Hall–Kier alpha value is -3.80. The van der Waals surface area contributed by atoms with Crippen molar-refractivity contribution >= 4 is 48.7 Å². The maximum absolute atomic E-state index is 13.9. The minimum atomic E-state index is -3.79. The van der Waals surface area contributed by atoms with E-state index >= 15 is 0 Å². The summed E-state index contributed by atoms with van der Waals surface area (Å²) in [5, 5.41) is 0.582. The van der Waals surface area contributed by atoms with Crippen molar-refractivity contribution in [2.24, 2.45) is 0 Å². The predicted molar refractivity (Wildman–Crippen MR) is 160 cm³/mol. The molecule has 0 radical (unpaired) electrons. The number of benzene rings is 3. The molecule has 1 aliphatic rings. The summed E-state index contributed by atoms with van der Waals surface area (Å²) >= 11 is 1.46. The second-order valence-electron chi connectivity index (χ2n) is 9.92. The molecule has 0 saturated carbocycles. The predicted octanol–water partition coefficient (Wildman–Crippen LogP) is 5.22. The molecule has 1 saturated heterocycles. The number of amides is 2. The molecule has 2 amide bonds. The second-order valence-corrected chi connectivity index (χ2v) is 12.9. The summed E-state index contributed by atoms with van der Waals surface area (Å²) in [5.74, 6) is -0.269. The topological polar surface area (TPSA) is 100 Å². The van der Waals surface area contributed by atoms with Crippen LogP contribution in [0, 0.1) is 13.8 Å². The number of piperazine rings is 1. The van der Waals surface area contributed by atoms with Crippen LogP contribution in [0.3, 0.4) is 0 Å². The minimum absolute atomic E-state index is 0.0966. The summed E-state index contributed by atoms with van der Waals surface area (Å²) in [5.41, 5.74) is 4.36. The van der Waals surface area contributed by atoms with E-state index in [4.69, 9.17) is 9.72 Å². The Kier molecular flexibility index (Phi) is 8.39. The molecule has 3 aromatic carbocycles. The van der Waals surface area contributed by atoms with Gasteiger partial charge in [-0.2, -0.15) is 4.31 Å². The van der Waals surface area contributed by atoms with Crippen molar-refractivity contribution in [1.29, 1.82) is 0 Å². The van der Waals surface area contributed by atoms with Crippen LogP contribution < -0.4 is 4.90 Å². The van der Waals surface area contributed by atoms with Crippen LogP contribution in [0.1, 0.15) is 34.0 Å². The fraction of sp³-hybridized carbons (Fsp3) is 0.300. The number of sulfonamides is 1. The lowest BCUT2D eigenvalue weighted by atomic mass is 10.1. The van der Waals surface area contributed by atoms with Crippen LogP contribution in [-0.2, 0) is 21.3 Å². The molecule has 0 bridgehead atoms. The molecule has 4 aromatic rings. The molecular formula is C30H32N4O5S2. The number of hydrogen-bond acceptors (Lipinski definition) is 7. The van der Waals surface area contributed by atoms with Crippen molar-refractivity contribution < 1.29 is 22.7 Å². The van der Waals surface area contributed by atoms with Crippen LogP contribution in [-0.4, -0.2) is 67.4 Å². The lowest BCUT2D eigenvalue weighted by molar-refractivity contribution is 0.0933. The van der Waals surface area contributed by atoms with Gasteiger partial charge in [-0.1, -0.05) is 47.7 Å². The van der Waals surface area contributed by atoms with Gasteiger partial charge in [-0.05, 0) is 67.8 Å². The van der Waals surface area contributed by atoms with Crippen LogP contribution in [0.4, 0.5) is 9.93 Å². The number of anilines is 1. The first-order valence-corrected chi connectivity index (χ1v) is 15.7. The molecular weight excluding hydrogens is 560 g/mol. The van der Waals surface area contributed by atoms with Crippen LogP contribution in [0.15, 0.2) is 71.6 Å². The molecule has 9 nitrogen and oxygen atoms in total. The fourth-order valence-electron chi connectivity index (χ4n) is 4.87. The molecule has 1 fully saturated rings. The first kappa shape index (κ1) is 28.7. The van der Waals surface area contributed by atoms with E-state index in [-0.39, 0.29) is 43.6 Å². The van der Waals surface area contributed by atoms with E-state index < -0.39 is 16.1 Å². The van der Waals surface area contributed by atoms with Crippen LogP contribution in [0.5, 0.6) is 0 Å². The Morgan fingerprint density at radius 1 is 0.976 bits per heavy atom. The zero-order valence-electron chi connectivity index (χ0n) is 23.2. The van der Waals surface area contributed by atoms with Gasteiger partial charge in [-0.25, -0.2) is 18.2 Å². The van der Waals surface area contributed by atoms with Gasteiger partial charge < -0.3 is 9.64 Å². The van der Waals surface area contributed by atoms with Gasteiger partial charge in [0.2, 0.25) is 10.0 Å². The highest BCUT2D eigenvalue weighted by molar-refractivity contribution is 7.89. The maximum atomic E-state index is 13.9. The van der Waals surface area contributed by atoms with Crippen LogP contribution in [0.2, 0.25) is 0 Å². The molecule has 0 N–H and O–H groups in total. The van der Waals surface area contributed by atoms with E-state index in [0.717, 1.165) is 26.9 Å². The molecule has 0 aliphatic carbocycles. The fourth-order valence-corrected chi connectivity index (χ4v) is 7.43. The average molecular weight is 593 g/mol. The Labute approximate surface area is 244 Å². The number of aryl methyl sites for hydroxylation is 2. The number of carbonyl (C=O) groups excluding carboxylic acids is 2. The van der Waals surface area contributed by atoms with Crippen molar-refractivity contribution in [3.63, 3.8) is 0 Å². The largest absolute Gasteiger partial charge is 0.450 e. The summed E-state index contributed by atoms with van der Waals surface area (Å²) < 4.78 is 34.0. The van der Waals surface area contributed by atoms with E-state index in [9.17, 15) is 18.0 Å². The zero-order valence-corrected chi connectivity index (χ0v) is 24.9. The Morgan fingerprint density at radius 2 is 1.66 bits per heavy atom. The van der Waals surface area contributed by atoms with E-state index in [1.54, 1.807) is 24.0 Å². The van der Waals surface area contributed by atoms with Crippen LogP contribution >= 0.6 is 11.3 Å². The number of fused-ring (bicyclic) bond motifs is 1. The normalized spacial score (nSPS) is 14.3. The number of hydrogen-bond donors (Lipinski definition) is 0. The summed E-state index contributed by atoms with van der Waals surface area (Å²) in [7, 11) is -3.79. The van der Waals surface area contributed by atoms with Gasteiger partial charge in [0.1, 0.15) is 0 Å². The van der Waals surface area contributed by atoms with Crippen molar-refractivity contribution in [3.8, 4) is 0 Å². The van der Waals surface area contributed by atoms with Gasteiger partial charge in [-0.15, -0.1) is 0 Å². The highest BCUT2D eigenvalue weighted by Crippen LogP contribution is 2.33. The van der Waals surface area contributed by atoms with Gasteiger partial charge in [-0.3, -0.25) is 9.69 Å². The number of ether oxygens (including phenoxy) is 1. The highest BCUT2D eigenvalue weighted by Gasteiger charge is 2.31. The third-order valence-electron chi connectivity index (χ3n) is 6.98. The Balaban J connectivity index is 1.39. The number of aromatic nitrogens is 1. The molecule has 5 rings (SSSR count). The molecule has 2 heterocycles. The van der Waals surface area contributed by atoms with E-state index in [1.807, 2.05) is 44.2 Å². The minimum Gasteiger partial charge on any atom is -0.450 e. The summed E-state index contributed by atoms with van der Waals surface area (Å²) in [6.07, 6.45) is -0.439. The molecule has 1 aliphatic heterocycles. The first-order valence-electron chi connectivity index (χ1n) is 13.4. The standard InChI is InChI=1S/C30H32N4O5S2/c1-4-39-30(36)32-14-16-33(17-15-32)41(37,38)25-12-10-24(11-13-25)28(35)34(20-23-8-6-5-7-9-23)29-31-27-22(3)18-21(2)19-26(27)40-29/h5-13,18-19H,4,14-17,20H2,1-3H3. The third kappa shape index (κ3) is 6.12. The molecule has 0 spiro atoms. The van der Waals surface area contributed by atoms with Gasteiger partial charge in [0.25, 0.3) is 5.91 Å². The number of thiazole rings is 1. The Morgan fingerprint density at radius 3 is 2.32 bits per heavy atom. The van der Waals surface area contributed by atoms with Crippen molar-refractivity contribution in [2.45, 2.75) is 32.2 Å². The second kappa shape index (κ2) is 12.0. The van der Waals surface area contributed by atoms with E-state index in [0.29, 0.717) is 17.2 Å². The first-order chi connectivity index (χ1) is 19.7. The monoisotopic (exact) mass is 592 g/mol. The summed E-state index contributed by atoms with van der Waals surface area (Å²) in [6, 6.07) is 19.9. The average Bonchev–Trinajstić information content (AvgIpc) is 3.40. The highest BCUT2D eigenvalue weighted by atomic mass is 32.2. The molecule has 1 aromatic heterocycles. The Bertz CT molecular complexity index is 1660. The molecule has 41 heavy (non-hydrogen) atoms.